The number of rotatable bonds is 5. The molecule has 0 amide bonds. The molecule has 0 aromatic heterocycles. The van der Waals surface area contributed by atoms with Gasteiger partial charge in [-0.1, -0.05) is 18.2 Å². The number of para-hydroxylation sites is 1. The lowest BCUT2D eigenvalue weighted by molar-refractivity contribution is 0.299. The molecule has 1 aliphatic rings. The smallest absolute Gasteiger partial charge is 0.246 e. The summed E-state index contributed by atoms with van der Waals surface area (Å²) in [4.78, 5) is 2.44. The van der Waals surface area contributed by atoms with E-state index in [1.165, 1.54) is 14.2 Å². The number of nitrogens with zero attached hydrogens (tertiary/aromatic N) is 2. The van der Waals surface area contributed by atoms with Crippen LogP contribution in [0, 0.1) is 0 Å². The Morgan fingerprint density at radius 2 is 1.56 bits per heavy atom. The SMILES string of the molecule is COc1ccc(S(=O)(=O)N2CC(C)N(c3ccccc3)C(C)C2)c(OC)c1. The summed E-state index contributed by atoms with van der Waals surface area (Å²) in [5, 5.41) is 0. The molecule has 2 aromatic carbocycles. The Balaban J connectivity index is 1.89. The van der Waals surface area contributed by atoms with Crippen molar-refractivity contribution in [2.75, 3.05) is 32.2 Å². The van der Waals surface area contributed by atoms with Crippen molar-refractivity contribution in [3.63, 3.8) is 0 Å². The minimum atomic E-state index is -3.68. The third-order valence-corrected chi connectivity index (χ3v) is 6.80. The van der Waals surface area contributed by atoms with Crippen LogP contribution in [0.2, 0.25) is 0 Å². The Morgan fingerprint density at radius 1 is 0.926 bits per heavy atom. The number of ether oxygens (including phenoxy) is 2. The first-order chi connectivity index (χ1) is 12.9. The highest BCUT2D eigenvalue weighted by Gasteiger charge is 2.37. The average Bonchev–Trinajstić information content (AvgIpc) is 2.67. The van der Waals surface area contributed by atoms with E-state index in [0.717, 1.165) is 5.69 Å². The van der Waals surface area contributed by atoms with E-state index in [1.54, 1.807) is 22.5 Å². The first-order valence-electron chi connectivity index (χ1n) is 8.94. The maximum absolute atomic E-state index is 13.3. The molecular formula is C20H26N2O4S. The molecule has 3 rings (SSSR count). The first kappa shape index (κ1) is 19.5. The summed E-state index contributed by atoms with van der Waals surface area (Å²) in [6.07, 6.45) is 0. The number of hydrogen-bond donors (Lipinski definition) is 0. The number of benzene rings is 2. The third-order valence-electron chi connectivity index (χ3n) is 4.93. The van der Waals surface area contributed by atoms with Gasteiger partial charge in [-0.2, -0.15) is 4.31 Å². The van der Waals surface area contributed by atoms with Crippen LogP contribution in [-0.4, -0.2) is 52.1 Å². The molecule has 0 bridgehead atoms. The highest BCUT2D eigenvalue weighted by atomic mass is 32.2. The van der Waals surface area contributed by atoms with E-state index in [2.05, 4.69) is 30.9 Å². The van der Waals surface area contributed by atoms with Crippen molar-refractivity contribution in [1.29, 1.82) is 0 Å². The lowest BCUT2D eigenvalue weighted by Gasteiger charge is -2.45. The molecule has 2 aromatic rings. The number of methoxy groups -OCH3 is 2. The van der Waals surface area contributed by atoms with Crippen molar-refractivity contribution >= 4 is 15.7 Å². The molecule has 6 nitrogen and oxygen atoms in total. The Morgan fingerprint density at radius 3 is 2.11 bits per heavy atom. The topological polar surface area (TPSA) is 59.1 Å². The van der Waals surface area contributed by atoms with Gasteiger partial charge in [0.05, 0.1) is 14.2 Å². The standard InChI is InChI=1S/C20H26N2O4S/c1-15-13-21(14-16(2)22(15)17-8-6-5-7-9-17)27(23,24)20-11-10-18(25-3)12-19(20)26-4/h5-12,15-16H,13-14H2,1-4H3. The zero-order chi connectivity index (χ0) is 19.6. The van der Waals surface area contributed by atoms with Crippen molar-refractivity contribution in [2.24, 2.45) is 0 Å². The number of piperazine rings is 1. The second kappa shape index (κ2) is 7.78. The van der Waals surface area contributed by atoms with Crippen LogP contribution < -0.4 is 14.4 Å². The summed E-state index contributed by atoms with van der Waals surface area (Å²) in [5.74, 6) is 0.849. The summed E-state index contributed by atoms with van der Waals surface area (Å²) in [6.45, 7) is 4.93. The molecule has 2 atom stereocenters. The molecule has 0 saturated carbocycles. The quantitative estimate of drug-likeness (QED) is 0.786. The molecule has 0 aliphatic carbocycles. The molecule has 2 unspecified atom stereocenters. The van der Waals surface area contributed by atoms with Gasteiger partial charge in [0.25, 0.3) is 0 Å². The van der Waals surface area contributed by atoms with Crippen LogP contribution in [0.4, 0.5) is 5.69 Å². The van der Waals surface area contributed by atoms with Gasteiger partial charge < -0.3 is 14.4 Å². The second-order valence-electron chi connectivity index (χ2n) is 6.78. The fraction of sp³-hybridized carbons (Fsp3) is 0.400. The van der Waals surface area contributed by atoms with Gasteiger partial charge in [-0.05, 0) is 38.1 Å². The summed E-state index contributed by atoms with van der Waals surface area (Å²) in [5.41, 5.74) is 1.11. The average molecular weight is 391 g/mol. The minimum absolute atomic E-state index is 0.0511. The summed E-state index contributed by atoms with van der Waals surface area (Å²) >= 11 is 0. The van der Waals surface area contributed by atoms with Gasteiger partial charge >= 0.3 is 0 Å². The number of anilines is 1. The third kappa shape index (κ3) is 3.75. The van der Waals surface area contributed by atoms with E-state index in [1.807, 2.05) is 18.2 Å². The monoisotopic (exact) mass is 390 g/mol. The van der Waals surface area contributed by atoms with E-state index < -0.39 is 10.0 Å². The van der Waals surface area contributed by atoms with E-state index in [0.29, 0.717) is 24.6 Å². The van der Waals surface area contributed by atoms with Gasteiger partial charge in [-0.15, -0.1) is 0 Å². The van der Waals surface area contributed by atoms with Gasteiger partial charge in [-0.25, -0.2) is 8.42 Å². The van der Waals surface area contributed by atoms with Crippen LogP contribution in [-0.2, 0) is 10.0 Å². The van der Waals surface area contributed by atoms with Gasteiger partial charge in [0.15, 0.2) is 0 Å². The maximum Gasteiger partial charge on any atom is 0.246 e. The molecule has 1 saturated heterocycles. The molecule has 0 spiro atoms. The van der Waals surface area contributed by atoms with Gasteiger partial charge in [0.2, 0.25) is 10.0 Å². The van der Waals surface area contributed by atoms with E-state index in [4.69, 9.17) is 9.47 Å². The van der Waals surface area contributed by atoms with Crippen molar-refractivity contribution < 1.29 is 17.9 Å². The Bertz CT molecular complexity index is 874. The molecule has 1 aliphatic heterocycles. The zero-order valence-corrected chi connectivity index (χ0v) is 16.9. The predicted molar refractivity (Wildman–Crippen MR) is 106 cm³/mol. The molecular weight excluding hydrogens is 364 g/mol. The van der Waals surface area contributed by atoms with Crippen molar-refractivity contribution in [2.45, 2.75) is 30.8 Å². The second-order valence-corrected chi connectivity index (χ2v) is 8.69. The van der Waals surface area contributed by atoms with Crippen molar-refractivity contribution in [3.05, 3.63) is 48.5 Å². The molecule has 1 heterocycles. The molecule has 146 valence electrons. The Kier molecular flexibility index (Phi) is 5.62. The molecule has 0 radical (unpaired) electrons. The summed E-state index contributed by atoms with van der Waals surface area (Å²) < 4.78 is 38.6. The van der Waals surface area contributed by atoms with Crippen LogP contribution >= 0.6 is 0 Å². The number of sulfonamides is 1. The largest absolute Gasteiger partial charge is 0.497 e. The first-order valence-corrected chi connectivity index (χ1v) is 10.4. The van der Waals surface area contributed by atoms with Gasteiger partial charge in [0.1, 0.15) is 16.4 Å². The molecule has 27 heavy (non-hydrogen) atoms. The van der Waals surface area contributed by atoms with Gasteiger partial charge in [-0.3, -0.25) is 0 Å². The highest BCUT2D eigenvalue weighted by molar-refractivity contribution is 7.89. The summed E-state index contributed by atoms with van der Waals surface area (Å²) in [6, 6.07) is 15.0. The predicted octanol–water partition coefficient (Wildman–Crippen LogP) is 2.99. The van der Waals surface area contributed by atoms with Crippen LogP contribution in [0.3, 0.4) is 0 Å². The highest BCUT2D eigenvalue weighted by Crippen LogP contribution is 2.33. The molecule has 0 N–H and O–H groups in total. The van der Waals surface area contributed by atoms with Crippen LogP contribution in [0.25, 0.3) is 0 Å². The van der Waals surface area contributed by atoms with Crippen LogP contribution in [0.5, 0.6) is 11.5 Å². The Labute approximate surface area is 161 Å². The van der Waals surface area contributed by atoms with Crippen molar-refractivity contribution in [3.8, 4) is 11.5 Å². The Hall–Kier alpha value is -2.25. The van der Waals surface area contributed by atoms with E-state index in [9.17, 15) is 8.42 Å². The lowest BCUT2D eigenvalue weighted by atomic mass is 10.1. The molecule has 1 fully saturated rings. The fourth-order valence-corrected chi connectivity index (χ4v) is 5.45. The van der Waals surface area contributed by atoms with Crippen molar-refractivity contribution in [1.82, 2.24) is 4.31 Å². The maximum atomic E-state index is 13.3. The lowest BCUT2D eigenvalue weighted by Crippen LogP contribution is -2.58. The van der Waals surface area contributed by atoms with Gasteiger partial charge in [0, 0.05) is 36.9 Å². The van der Waals surface area contributed by atoms with Crippen LogP contribution in [0.1, 0.15) is 13.8 Å². The van der Waals surface area contributed by atoms with E-state index >= 15 is 0 Å². The zero-order valence-electron chi connectivity index (χ0n) is 16.1. The summed E-state index contributed by atoms with van der Waals surface area (Å²) in [7, 11) is -0.674. The van der Waals surface area contributed by atoms with E-state index in [-0.39, 0.29) is 17.0 Å². The van der Waals surface area contributed by atoms with Crippen LogP contribution in [0.15, 0.2) is 53.4 Å². The normalized spacial score (nSPS) is 21.1. The number of hydrogen-bond acceptors (Lipinski definition) is 5. The fourth-order valence-electron chi connectivity index (χ4n) is 3.71. The minimum Gasteiger partial charge on any atom is -0.497 e. The molecule has 7 heteroatoms.